The van der Waals surface area contributed by atoms with E-state index in [2.05, 4.69) is 38.7 Å². The fourth-order valence-corrected chi connectivity index (χ4v) is 5.91. The first-order chi connectivity index (χ1) is 23.1. The van der Waals surface area contributed by atoms with Crippen molar-refractivity contribution in [2.24, 2.45) is 0 Å². The van der Waals surface area contributed by atoms with Crippen LogP contribution in [0.25, 0.3) is 0 Å². The van der Waals surface area contributed by atoms with E-state index in [9.17, 15) is 23.3 Å². The Kier molecular flexibility index (Phi) is 9.90. The highest BCUT2D eigenvalue weighted by Gasteiger charge is 2.31. The number of alkyl halides is 3. The molecule has 0 amide bonds. The lowest BCUT2D eigenvalue weighted by Crippen LogP contribution is -2.43. The number of nitro groups is 1. The number of benzene rings is 3. The predicted molar refractivity (Wildman–Crippen MR) is 170 cm³/mol. The van der Waals surface area contributed by atoms with Gasteiger partial charge in [0.1, 0.15) is 42.8 Å². The molecule has 6 rings (SSSR count). The number of aromatic nitrogens is 2. The van der Waals surface area contributed by atoms with Crippen LogP contribution in [0.2, 0.25) is 0 Å². The van der Waals surface area contributed by atoms with Crippen molar-refractivity contribution >= 4 is 11.5 Å². The molecule has 0 bridgehead atoms. The van der Waals surface area contributed by atoms with Gasteiger partial charge in [-0.05, 0) is 84.5 Å². The number of aryl methyl sites for hydroxylation is 1. The van der Waals surface area contributed by atoms with Gasteiger partial charge < -0.3 is 34.0 Å². The molecule has 0 N–H and O–H groups in total. The van der Waals surface area contributed by atoms with Crippen LogP contribution in [0.1, 0.15) is 30.4 Å². The standard InChI is InChI=1S/C34H36F3N5O6/c1-39(20-24-2-8-28(9-3-24)45-22-25-4-10-30(11-5-25)48-34(35,36)37)26-14-17-40(18-15-26)27-6-12-29(13-7-27)46-23-31-16-19-41-21-32(42(43)44)38-33(41)47-31/h2-13,21,26,31H,14-20,22-23H2,1H3. The maximum atomic E-state index is 12.4. The zero-order valence-electron chi connectivity index (χ0n) is 26.3. The summed E-state index contributed by atoms with van der Waals surface area (Å²) in [6.45, 7) is 3.85. The quantitative estimate of drug-likeness (QED) is 0.122. The van der Waals surface area contributed by atoms with Crippen LogP contribution in [0.4, 0.5) is 24.7 Å². The molecule has 0 aliphatic carbocycles. The normalized spacial score (nSPS) is 16.7. The number of fused-ring (bicyclic) bond motifs is 1. The lowest BCUT2D eigenvalue weighted by atomic mass is 10.0. The van der Waals surface area contributed by atoms with E-state index < -0.39 is 11.3 Å². The largest absolute Gasteiger partial charge is 0.573 e. The van der Waals surface area contributed by atoms with Gasteiger partial charge >= 0.3 is 18.2 Å². The van der Waals surface area contributed by atoms with Crippen molar-refractivity contribution in [1.82, 2.24) is 14.5 Å². The highest BCUT2D eigenvalue weighted by atomic mass is 19.4. The zero-order valence-corrected chi connectivity index (χ0v) is 26.3. The molecule has 0 radical (unpaired) electrons. The topological polar surface area (TPSA) is 104 Å². The first-order valence-electron chi connectivity index (χ1n) is 15.7. The van der Waals surface area contributed by atoms with Crippen molar-refractivity contribution in [2.45, 2.75) is 57.5 Å². The minimum absolute atomic E-state index is 0.218. The van der Waals surface area contributed by atoms with Gasteiger partial charge in [-0.25, -0.2) is 0 Å². The Morgan fingerprint density at radius 3 is 2.19 bits per heavy atom. The molecule has 1 unspecified atom stereocenters. The maximum Gasteiger partial charge on any atom is 0.573 e. The van der Waals surface area contributed by atoms with Gasteiger partial charge in [0.25, 0.3) is 0 Å². The molecule has 1 saturated heterocycles. The molecule has 2 aliphatic heterocycles. The number of halogens is 3. The molecule has 3 heterocycles. The molecule has 1 atom stereocenters. The average molecular weight is 668 g/mol. The summed E-state index contributed by atoms with van der Waals surface area (Å²) in [5, 5.41) is 11.0. The molecular weight excluding hydrogens is 631 g/mol. The Bertz CT molecular complexity index is 1660. The molecular formula is C34H36F3N5O6. The predicted octanol–water partition coefficient (Wildman–Crippen LogP) is 6.60. The summed E-state index contributed by atoms with van der Waals surface area (Å²) in [6.07, 6.45) is -0.803. The van der Waals surface area contributed by atoms with E-state index in [1.54, 1.807) is 16.7 Å². The van der Waals surface area contributed by atoms with E-state index in [-0.39, 0.29) is 30.3 Å². The molecule has 14 heteroatoms. The lowest BCUT2D eigenvalue weighted by molar-refractivity contribution is -0.389. The van der Waals surface area contributed by atoms with E-state index in [4.69, 9.17) is 14.2 Å². The number of hydrogen-bond donors (Lipinski definition) is 0. The summed E-state index contributed by atoms with van der Waals surface area (Å²) >= 11 is 0. The monoisotopic (exact) mass is 667 g/mol. The van der Waals surface area contributed by atoms with Crippen LogP contribution >= 0.6 is 0 Å². The van der Waals surface area contributed by atoms with Crippen molar-refractivity contribution in [3.8, 4) is 23.3 Å². The Hall–Kier alpha value is -4.98. The van der Waals surface area contributed by atoms with Crippen molar-refractivity contribution in [1.29, 1.82) is 0 Å². The van der Waals surface area contributed by atoms with E-state index in [0.717, 1.165) is 49.5 Å². The van der Waals surface area contributed by atoms with Crippen LogP contribution < -0.4 is 23.8 Å². The molecule has 0 saturated carbocycles. The van der Waals surface area contributed by atoms with Crippen LogP contribution in [-0.2, 0) is 19.7 Å². The fraction of sp³-hybridized carbons (Fsp3) is 0.382. The Balaban J connectivity index is 0.905. The van der Waals surface area contributed by atoms with Crippen LogP contribution in [0.15, 0.2) is 79.0 Å². The first-order valence-corrected chi connectivity index (χ1v) is 15.7. The third-order valence-corrected chi connectivity index (χ3v) is 8.52. The number of imidazole rings is 1. The molecule has 1 aromatic heterocycles. The summed E-state index contributed by atoms with van der Waals surface area (Å²) < 4.78 is 60.2. The van der Waals surface area contributed by atoms with Gasteiger partial charge in [0.05, 0.1) is 0 Å². The van der Waals surface area contributed by atoms with Crippen LogP contribution in [0, 0.1) is 10.1 Å². The Labute approximate surface area is 275 Å². The van der Waals surface area contributed by atoms with Crippen molar-refractivity contribution in [3.05, 3.63) is 100 Å². The lowest BCUT2D eigenvalue weighted by Gasteiger charge is -2.38. The number of piperidine rings is 1. The van der Waals surface area contributed by atoms with Crippen molar-refractivity contribution < 1.29 is 37.0 Å². The van der Waals surface area contributed by atoms with Gasteiger partial charge in [-0.3, -0.25) is 9.47 Å². The molecule has 1 fully saturated rings. The number of nitrogens with zero attached hydrogens (tertiary/aromatic N) is 5. The van der Waals surface area contributed by atoms with E-state index in [1.807, 2.05) is 36.4 Å². The van der Waals surface area contributed by atoms with Gasteiger partial charge in [0.2, 0.25) is 0 Å². The molecule has 4 aromatic rings. The molecule has 254 valence electrons. The van der Waals surface area contributed by atoms with Crippen molar-refractivity contribution in [2.75, 3.05) is 31.6 Å². The summed E-state index contributed by atoms with van der Waals surface area (Å²) in [6, 6.07) is 22.3. The first kappa shape index (κ1) is 32.9. The second-order valence-electron chi connectivity index (χ2n) is 11.9. The molecule has 0 spiro atoms. The minimum atomic E-state index is -4.71. The molecule has 11 nitrogen and oxygen atoms in total. The van der Waals surface area contributed by atoms with Gasteiger partial charge in [-0.2, -0.15) is 0 Å². The number of ether oxygens (including phenoxy) is 4. The Morgan fingerprint density at radius 2 is 1.52 bits per heavy atom. The van der Waals surface area contributed by atoms with Crippen LogP contribution in [0.3, 0.4) is 0 Å². The highest BCUT2D eigenvalue weighted by Crippen LogP contribution is 2.28. The van der Waals surface area contributed by atoms with E-state index in [0.29, 0.717) is 31.4 Å². The number of anilines is 1. The minimum Gasteiger partial charge on any atom is -0.490 e. The molecule has 48 heavy (non-hydrogen) atoms. The van der Waals surface area contributed by atoms with Gasteiger partial charge in [-0.1, -0.05) is 24.3 Å². The van der Waals surface area contributed by atoms with Crippen LogP contribution in [0.5, 0.6) is 23.3 Å². The zero-order chi connectivity index (χ0) is 33.7. The summed E-state index contributed by atoms with van der Waals surface area (Å²) in [7, 11) is 2.15. The van der Waals surface area contributed by atoms with E-state index in [1.165, 1.54) is 23.9 Å². The Morgan fingerprint density at radius 1 is 0.896 bits per heavy atom. The maximum absolute atomic E-state index is 12.4. The third kappa shape index (κ3) is 8.68. The molecule has 3 aromatic carbocycles. The summed E-state index contributed by atoms with van der Waals surface area (Å²) in [5.74, 6) is 0.944. The average Bonchev–Trinajstić information content (AvgIpc) is 3.52. The van der Waals surface area contributed by atoms with Gasteiger partial charge in [0.15, 0.2) is 0 Å². The third-order valence-electron chi connectivity index (χ3n) is 8.52. The van der Waals surface area contributed by atoms with Gasteiger partial charge in [-0.15, -0.1) is 13.2 Å². The smallest absolute Gasteiger partial charge is 0.490 e. The second-order valence-corrected chi connectivity index (χ2v) is 11.9. The number of rotatable bonds is 12. The second kappa shape index (κ2) is 14.4. The fourth-order valence-electron chi connectivity index (χ4n) is 5.91. The summed E-state index contributed by atoms with van der Waals surface area (Å²) in [4.78, 5) is 19.1. The van der Waals surface area contributed by atoms with Gasteiger partial charge in [0, 0.05) is 49.3 Å². The summed E-state index contributed by atoms with van der Waals surface area (Å²) in [5.41, 5.74) is 3.05. The van der Waals surface area contributed by atoms with Crippen LogP contribution in [-0.4, -0.2) is 64.6 Å². The molecule has 2 aliphatic rings. The number of hydrogen-bond acceptors (Lipinski definition) is 9. The SMILES string of the molecule is CN(Cc1ccc(OCc2ccc(OC(F)(F)F)cc2)cc1)C1CCN(c2ccc(OCC3CCn4cc([N+](=O)[O-])nc4O3)cc2)CC1. The highest BCUT2D eigenvalue weighted by molar-refractivity contribution is 5.49. The van der Waals surface area contributed by atoms with E-state index >= 15 is 0 Å². The van der Waals surface area contributed by atoms with Crippen molar-refractivity contribution in [3.63, 3.8) is 0 Å².